The number of H-pyrrole nitrogens is 1. The summed E-state index contributed by atoms with van der Waals surface area (Å²) in [4.78, 5) is 18.3. The van der Waals surface area contributed by atoms with Gasteiger partial charge in [0.25, 0.3) is 0 Å². The van der Waals surface area contributed by atoms with Gasteiger partial charge in [-0.2, -0.15) is 0 Å². The maximum absolute atomic E-state index is 14.8. The molecule has 1 aliphatic heterocycles. The molecule has 6 heteroatoms. The molecule has 0 saturated carbocycles. The van der Waals surface area contributed by atoms with Crippen molar-refractivity contribution in [2.75, 3.05) is 11.9 Å². The van der Waals surface area contributed by atoms with Crippen molar-refractivity contribution in [1.82, 2.24) is 9.88 Å². The number of fused-ring (bicyclic) bond motifs is 3. The fourth-order valence-corrected chi connectivity index (χ4v) is 4.33. The van der Waals surface area contributed by atoms with Crippen LogP contribution in [0, 0.1) is 5.82 Å². The number of carbonyl (C=O) groups excluding carboxylic acids is 1. The van der Waals surface area contributed by atoms with Crippen LogP contribution in [-0.4, -0.2) is 22.5 Å². The molecule has 1 atom stereocenters. The molecular weight excluding hydrogens is 401 g/mol. The number of benzene rings is 3. The highest BCUT2D eigenvalue weighted by Gasteiger charge is 2.35. The van der Waals surface area contributed by atoms with Gasteiger partial charge in [0.2, 0.25) is 0 Å². The molecule has 2 N–H and O–H groups in total. The van der Waals surface area contributed by atoms with Gasteiger partial charge in [-0.25, -0.2) is 9.18 Å². The number of hydrogen-bond acceptors (Lipinski definition) is 1. The van der Waals surface area contributed by atoms with E-state index in [9.17, 15) is 9.18 Å². The lowest BCUT2D eigenvalue weighted by Gasteiger charge is -2.36. The van der Waals surface area contributed by atoms with Crippen LogP contribution in [0.4, 0.5) is 14.9 Å². The van der Waals surface area contributed by atoms with Crippen LogP contribution in [0.3, 0.4) is 0 Å². The standard InChI is InChI=1S/C24H19ClFN3O/c25-15-9-11-16(12-10-15)27-24(30)29-14-13-18-17-5-2-4-8-21(17)28-22(18)23(29)19-6-1-3-7-20(19)26/h1-12,23,28H,13-14H2,(H,27,30)/t23-/m0/s1. The molecule has 0 unspecified atom stereocenters. The lowest BCUT2D eigenvalue weighted by Crippen LogP contribution is -2.43. The maximum Gasteiger partial charge on any atom is 0.322 e. The molecule has 2 heterocycles. The SMILES string of the molecule is O=C(Nc1ccc(Cl)cc1)N1CCc2c([nH]c3ccccc23)[C@@H]1c1ccccc1F. The molecule has 0 fully saturated rings. The van der Waals surface area contributed by atoms with Crippen LogP contribution >= 0.6 is 11.6 Å². The number of nitrogens with one attached hydrogen (secondary N) is 2. The van der Waals surface area contributed by atoms with Crippen LogP contribution in [0.15, 0.2) is 72.8 Å². The highest BCUT2D eigenvalue weighted by atomic mass is 35.5. The van der Waals surface area contributed by atoms with Crippen molar-refractivity contribution in [3.05, 3.63) is 100 Å². The smallest absolute Gasteiger partial charge is 0.322 e. The van der Waals surface area contributed by atoms with Gasteiger partial charge in [0.05, 0.1) is 0 Å². The summed E-state index contributed by atoms with van der Waals surface area (Å²) in [6, 6.07) is 20.8. The summed E-state index contributed by atoms with van der Waals surface area (Å²) in [5.74, 6) is -0.335. The van der Waals surface area contributed by atoms with Crippen LogP contribution in [0.2, 0.25) is 5.02 Å². The van der Waals surface area contributed by atoms with E-state index < -0.39 is 6.04 Å². The number of amides is 2. The third kappa shape index (κ3) is 3.21. The molecule has 0 aliphatic carbocycles. The predicted octanol–water partition coefficient (Wildman–Crippen LogP) is 6.14. The molecule has 0 spiro atoms. The Labute approximate surface area is 178 Å². The van der Waals surface area contributed by atoms with E-state index in [1.165, 1.54) is 6.07 Å². The van der Waals surface area contributed by atoms with Gasteiger partial charge >= 0.3 is 6.03 Å². The molecule has 1 aliphatic rings. The molecule has 4 aromatic rings. The van der Waals surface area contributed by atoms with E-state index >= 15 is 0 Å². The van der Waals surface area contributed by atoms with Gasteiger partial charge in [-0.1, -0.05) is 48.0 Å². The molecule has 4 nitrogen and oxygen atoms in total. The van der Waals surface area contributed by atoms with Crippen molar-refractivity contribution in [1.29, 1.82) is 0 Å². The van der Waals surface area contributed by atoms with Crippen molar-refractivity contribution < 1.29 is 9.18 Å². The number of aromatic nitrogens is 1. The van der Waals surface area contributed by atoms with Crippen LogP contribution in [0.1, 0.15) is 22.9 Å². The lowest BCUT2D eigenvalue weighted by atomic mass is 9.92. The molecule has 0 saturated heterocycles. The molecule has 5 rings (SSSR count). The first-order valence-electron chi connectivity index (χ1n) is 9.79. The summed E-state index contributed by atoms with van der Waals surface area (Å²) in [7, 11) is 0. The number of halogens is 2. The van der Waals surface area contributed by atoms with E-state index in [1.807, 2.05) is 18.2 Å². The fourth-order valence-electron chi connectivity index (χ4n) is 4.21. The second-order valence-corrected chi connectivity index (χ2v) is 7.80. The molecule has 30 heavy (non-hydrogen) atoms. The highest BCUT2D eigenvalue weighted by Crippen LogP contribution is 2.39. The maximum atomic E-state index is 14.8. The summed E-state index contributed by atoms with van der Waals surface area (Å²) in [5, 5.41) is 4.63. The van der Waals surface area contributed by atoms with Gasteiger partial charge in [0, 0.05) is 39.4 Å². The molecule has 3 aromatic carbocycles. The van der Waals surface area contributed by atoms with Crippen molar-refractivity contribution in [3.63, 3.8) is 0 Å². The number of hydrogen-bond donors (Lipinski definition) is 2. The minimum atomic E-state index is -0.547. The van der Waals surface area contributed by atoms with E-state index in [4.69, 9.17) is 11.6 Å². The van der Waals surface area contributed by atoms with Crippen molar-refractivity contribution in [2.24, 2.45) is 0 Å². The topological polar surface area (TPSA) is 48.1 Å². The van der Waals surface area contributed by atoms with Crippen LogP contribution in [0.25, 0.3) is 10.9 Å². The predicted molar refractivity (Wildman–Crippen MR) is 117 cm³/mol. The van der Waals surface area contributed by atoms with Gasteiger partial charge in [-0.05, 0) is 48.4 Å². The number of aromatic amines is 1. The molecule has 1 aromatic heterocycles. The fraction of sp³-hybridized carbons (Fsp3) is 0.125. The first-order chi connectivity index (χ1) is 14.6. The summed E-state index contributed by atoms with van der Waals surface area (Å²) >= 11 is 5.94. The number of rotatable bonds is 2. The average molecular weight is 420 g/mol. The zero-order valence-electron chi connectivity index (χ0n) is 16.0. The zero-order chi connectivity index (χ0) is 20.7. The summed E-state index contributed by atoms with van der Waals surface area (Å²) in [6.07, 6.45) is 0.693. The van der Waals surface area contributed by atoms with E-state index in [2.05, 4.69) is 16.4 Å². The quantitative estimate of drug-likeness (QED) is 0.402. The van der Waals surface area contributed by atoms with E-state index in [0.29, 0.717) is 29.2 Å². The number of para-hydroxylation sites is 1. The number of carbonyl (C=O) groups is 1. The van der Waals surface area contributed by atoms with Crippen molar-refractivity contribution >= 4 is 34.2 Å². The minimum absolute atomic E-state index is 0.283. The van der Waals surface area contributed by atoms with Crippen molar-refractivity contribution in [2.45, 2.75) is 12.5 Å². The summed E-state index contributed by atoms with van der Waals surface area (Å²) in [6.45, 7) is 0.479. The Morgan fingerprint density at radius 3 is 2.57 bits per heavy atom. The number of anilines is 1. The first kappa shape index (κ1) is 18.7. The Morgan fingerprint density at radius 2 is 1.77 bits per heavy atom. The average Bonchev–Trinajstić information content (AvgIpc) is 3.14. The first-order valence-corrected chi connectivity index (χ1v) is 10.2. The van der Waals surface area contributed by atoms with E-state index in [-0.39, 0.29) is 11.8 Å². The monoisotopic (exact) mass is 419 g/mol. The minimum Gasteiger partial charge on any atom is -0.356 e. The normalized spacial score (nSPS) is 15.8. The van der Waals surface area contributed by atoms with E-state index in [0.717, 1.165) is 22.2 Å². The van der Waals surface area contributed by atoms with Gasteiger partial charge in [-0.15, -0.1) is 0 Å². The molecular formula is C24H19ClFN3O. The Bertz CT molecular complexity index is 1230. The Hall–Kier alpha value is -3.31. The second-order valence-electron chi connectivity index (χ2n) is 7.37. The Morgan fingerprint density at radius 1 is 1.03 bits per heavy atom. The second kappa shape index (κ2) is 7.50. The Balaban J connectivity index is 1.59. The molecule has 0 bridgehead atoms. The molecule has 2 amide bonds. The van der Waals surface area contributed by atoms with Gasteiger partial charge < -0.3 is 15.2 Å². The number of urea groups is 1. The van der Waals surface area contributed by atoms with Crippen LogP contribution in [0.5, 0.6) is 0 Å². The summed E-state index contributed by atoms with van der Waals surface area (Å²) < 4.78 is 14.8. The lowest BCUT2D eigenvalue weighted by molar-refractivity contribution is 0.192. The Kier molecular flexibility index (Phi) is 4.68. The van der Waals surface area contributed by atoms with Crippen LogP contribution < -0.4 is 5.32 Å². The summed E-state index contributed by atoms with van der Waals surface area (Å²) in [5.41, 5.74) is 4.09. The highest BCUT2D eigenvalue weighted by molar-refractivity contribution is 6.30. The van der Waals surface area contributed by atoms with E-state index in [1.54, 1.807) is 47.4 Å². The van der Waals surface area contributed by atoms with Crippen molar-refractivity contribution in [3.8, 4) is 0 Å². The third-order valence-corrected chi connectivity index (χ3v) is 5.84. The molecule has 150 valence electrons. The number of nitrogens with zero attached hydrogens (tertiary/aromatic N) is 1. The van der Waals surface area contributed by atoms with Gasteiger partial charge in [0.1, 0.15) is 11.9 Å². The van der Waals surface area contributed by atoms with Gasteiger partial charge in [-0.3, -0.25) is 0 Å². The third-order valence-electron chi connectivity index (χ3n) is 5.59. The van der Waals surface area contributed by atoms with Crippen LogP contribution in [-0.2, 0) is 6.42 Å². The molecule has 0 radical (unpaired) electrons. The van der Waals surface area contributed by atoms with Gasteiger partial charge in [0.15, 0.2) is 0 Å². The largest absolute Gasteiger partial charge is 0.356 e. The zero-order valence-corrected chi connectivity index (χ0v) is 16.8.